The second kappa shape index (κ2) is 10.4. The van der Waals surface area contributed by atoms with Gasteiger partial charge in [0.2, 0.25) is 17.6 Å². The molecule has 2 aliphatic heterocycles. The van der Waals surface area contributed by atoms with Crippen LogP contribution in [0.15, 0.2) is 42.5 Å². The van der Waals surface area contributed by atoms with Crippen molar-refractivity contribution >= 4 is 58.5 Å². The molecule has 2 heterocycles. The number of phenolic OH excluding ortho intramolecular Hbond substituents is 1. The summed E-state index contributed by atoms with van der Waals surface area (Å²) in [5, 5.41) is 11.4. The third-order valence-electron chi connectivity index (χ3n) is 9.27. The molecule has 9 nitrogen and oxygen atoms in total. The molecule has 0 spiro atoms. The van der Waals surface area contributed by atoms with Crippen LogP contribution in [0.5, 0.6) is 5.75 Å². The lowest BCUT2D eigenvalue weighted by atomic mass is 9.56. The number of urea groups is 1. The standard InChI is InChI=1S/C30H20Cl2F5N3O6/c1-2-4-10-5-3-6-13(23(10)41)16-11-7-8-12-15(25(43)40(24(12)42)28(38)46)14(11)9-29(31)26(44)39(27(45)30(16,29)32)22-20(36)18(34)17(33)19(35)21(22)37/h2-3,5-7,12,14-16,41H,1,4,8-9H2,(H2,38,46). The third-order valence-corrected chi connectivity index (χ3v) is 10.7. The van der Waals surface area contributed by atoms with Gasteiger partial charge < -0.3 is 10.8 Å². The second-order valence-corrected chi connectivity index (χ2v) is 12.6. The van der Waals surface area contributed by atoms with Gasteiger partial charge in [-0.3, -0.25) is 19.2 Å². The minimum Gasteiger partial charge on any atom is -0.507 e. The number of hydrogen-bond acceptors (Lipinski definition) is 6. The summed E-state index contributed by atoms with van der Waals surface area (Å²) in [7, 11) is 0. The van der Waals surface area contributed by atoms with Gasteiger partial charge >= 0.3 is 6.03 Å². The Hall–Kier alpha value is -4.30. The molecule has 6 amide bonds. The van der Waals surface area contributed by atoms with E-state index in [0.717, 1.165) is 0 Å². The van der Waals surface area contributed by atoms with Gasteiger partial charge in [0, 0.05) is 11.5 Å². The van der Waals surface area contributed by atoms with Crippen molar-refractivity contribution in [3.8, 4) is 5.75 Å². The number of hydrogen-bond donors (Lipinski definition) is 2. The molecule has 2 aliphatic carbocycles. The van der Waals surface area contributed by atoms with Gasteiger partial charge in [-0.15, -0.1) is 29.8 Å². The van der Waals surface area contributed by atoms with Gasteiger partial charge in [0.1, 0.15) is 11.4 Å². The molecule has 0 radical (unpaired) electrons. The van der Waals surface area contributed by atoms with Crippen LogP contribution in [0, 0.1) is 46.8 Å². The Labute approximate surface area is 266 Å². The van der Waals surface area contributed by atoms with E-state index in [9.17, 15) is 42.3 Å². The van der Waals surface area contributed by atoms with E-state index in [-0.39, 0.29) is 39.3 Å². The quantitative estimate of drug-likeness (QED) is 0.122. The fraction of sp³-hybridized carbons (Fsp3) is 0.300. The Morgan fingerprint density at radius 2 is 1.59 bits per heavy atom. The molecule has 0 bridgehead atoms. The van der Waals surface area contributed by atoms with Crippen molar-refractivity contribution in [1.82, 2.24) is 4.90 Å². The number of allylic oxidation sites excluding steroid dienone is 3. The highest BCUT2D eigenvalue weighted by Crippen LogP contribution is 2.66. The number of carbonyl (C=O) groups is 5. The molecule has 2 aromatic rings. The number of nitrogens with zero attached hydrogens (tertiary/aromatic N) is 2. The number of amides is 6. The summed E-state index contributed by atoms with van der Waals surface area (Å²) in [5.74, 6) is -23.8. The summed E-state index contributed by atoms with van der Waals surface area (Å²) in [6, 6.07) is 2.87. The fourth-order valence-electron chi connectivity index (χ4n) is 7.29. The van der Waals surface area contributed by atoms with Crippen LogP contribution in [0.25, 0.3) is 0 Å². The van der Waals surface area contributed by atoms with E-state index in [1.54, 1.807) is 0 Å². The monoisotopic (exact) mass is 683 g/mol. The molecule has 6 rings (SSSR count). The number of aromatic hydroxyl groups is 1. The first-order valence-corrected chi connectivity index (χ1v) is 14.4. The number of likely N-dealkylation sites (tertiary alicyclic amines) is 1. The van der Waals surface area contributed by atoms with Crippen LogP contribution >= 0.6 is 23.2 Å². The SMILES string of the molecule is C=CCc1cccc(C2C3=CCC4C(=O)N(C(N)=O)C(=O)C4C3CC3(Cl)C(=O)N(c4c(F)c(F)c(F)c(F)c4F)C(=O)C23Cl)c1O. The van der Waals surface area contributed by atoms with Crippen molar-refractivity contribution in [3.63, 3.8) is 0 Å². The maximum absolute atomic E-state index is 15.1. The number of rotatable bonds is 4. The number of carbonyl (C=O) groups excluding carboxylic acids is 5. The molecule has 2 saturated heterocycles. The molecule has 2 aromatic carbocycles. The summed E-state index contributed by atoms with van der Waals surface area (Å²) < 4.78 is 72.7. The molecule has 0 aromatic heterocycles. The number of fused-ring (bicyclic) bond motifs is 4. The Morgan fingerprint density at radius 1 is 0.978 bits per heavy atom. The van der Waals surface area contributed by atoms with Crippen molar-refractivity contribution in [2.75, 3.05) is 4.90 Å². The van der Waals surface area contributed by atoms with Crippen LogP contribution in [-0.4, -0.2) is 49.4 Å². The van der Waals surface area contributed by atoms with Crippen molar-refractivity contribution in [2.24, 2.45) is 23.5 Å². The first-order valence-electron chi connectivity index (χ1n) is 13.6. The lowest BCUT2D eigenvalue weighted by molar-refractivity contribution is -0.136. The molecule has 6 atom stereocenters. The van der Waals surface area contributed by atoms with Gasteiger partial charge in [-0.05, 0) is 30.7 Å². The number of halogens is 7. The number of benzene rings is 2. The van der Waals surface area contributed by atoms with Gasteiger partial charge in [0.25, 0.3) is 11.8 Å². The molecule has 240 valence electrons. The predicted octanol–water partition coefficient (Wildman–Crippen LogP) is 4.46. The van der Waals surface area contributed by atoms with E-state index in [4.69, 9.17) is 28.9 Å². The van der Waals surface area contributed by atoms with E-state index in [2.05, 4.69) is 6.58 Å². The largest absolute Gasteiger partial charge is 0.507 e. The Bertz CT molecular complexity index is 1840. The van der Waals surface area contributed by atoms with Crippen LogP contribution in [0.1, 0.15) is 29.9 Å². The van der Waals surface area contributed by atoms with Crippen molar-refractivity contribution < 1.29 is 51.0 Å². The number of nitrogens with two attached hydrogens (primary N) is 1. The third kappa shape index (κ3) is 3.76. The number of phenols is 1. The summed E-state index contributed by atoms with van der Waals surface area (Å²) in [6.45, 7) is 3.61. The van der Waals surface area contributed by atoms with E-state index >= 15 is 8.78 Å². The zero-order valence-electron chi connectivity index (χ0n) is 23.1. The highest BCUT2D eigenvalue weighted by atomic mass is 35.5. The minimum atomic E-state index is -2.81. The van der Waals surface area contributed by atoms with E-state index < -0.39 is 110 Å². The average molecular weight is 684 g/mol. The first kappa shape index (κ1) is 31.7. The first-order chi connectivity index (χ1) is 21.6. The van der Waals surface area contributed by atoms with Gasteiger partial charge in [0.05, 0.1) is 11.8 Å². The molecular formula is C30H20Cl2F5N3O6. The summed E-state index contributed by atoms with van der Waals surface area (Å²) in [6.07, 6.45) is 1.98. The lowest BCUT2D eigenvalue weighted by Gasteiger charge is -2.50. The second-order valence-electron chi connectivity index (χ2n) is 11.4. The zero-order valence-corrected chi connectivity index (χ0v) is 24.6. The van der Waals surface area contributed by atoms with E-state index in [0.29, 0.717) is 0 Å². The zero-order chi connectivity index (χ0) is 33.8. The molecule has 1 saturated carbocycles. The molecule has 16 heteroatoms. The average Bonchev–Trinajstić information content (AvgIpc) is 3.35. The van der Waals surface area contributed by atoms with Gasteiger partial charge in [-0.25, -0.2) is 31.6 Å². The molecule has 4 aliphatic rings. The fourth-order valence-corrected chi connectivity index (χ4v) is 8.22. The number of anilines is 1. The predicted molar refractivity (Wildman–Crippen MR) is 150 cm³/mol. The van der Waals surface area contributed by atoms with Crippen molar-refractivity contribution in [2.45, 2.75) is 34.9 Å². The molecule has 3 fully saturated rings. The van der Waals surface area contributed by atoms with Crippen molar-refractivity contribution in [1.29, 1.82) is 0 Å². The highest BCUT2D eigenvalue weighted by molar-refractivity contribution is 6.58. The highest BCUT2D eigenvalue weighted by Gasteiger charge is 2.77. The summed E-state index contributed by atoms with van der Waals surface area (Å²) in [5.41, 5.74) is 3.57. The molecule has 46 heavy (non-hydrogen) atoms. The number of primary amides is 1. The maximum Gasteiger partial charge on any atom is 0.328 e. The summed E-state index contributed by atoms with van der Waals surface area (Å²) >= 11 is 14.0. The Morgan fingerprint density at radius 3 is 2.17 bits per heavy atom. The van der Waals surface area contributed by atoms with Crippen molar-refractivity contribution in [3.05, 3.63) is 82.7 Å². The Kier molecular flexibility index (Phi) is 7.13. The molecule has 3 N–H and O–H groups in total. The van der Waals surface area contributed by atoms with Crippen LogP contribution in [-0.2, 0) is 25.6 Å². The van der Waals surface area contributed by atoms with Crippen LogP contribution in [0.4, 0.5) is 32.4 Å². The molecule has 6 unspecified atom stereocenters. The Balaban J connectivity index is 1.63. The maximum atomic E-state index is 15.1. The van der Waals surface area contributed by atoms with Crippen LogP contribution in [0.3, 0.4) is 0 Å². The number of imide groups is 4. The number of para-hydroxylation sites is 1. The van der Waals surface area contributed by atoms with E-state index in [1.165, 1.54) is 30.4 Å². The topological polar surface area (TPSA) is 138 Å². The number of alkyl halides is 2. The van der Waals surface area contributed by atoms with E-state index in [1.807, 2.05) is 0 Å². The van der Waals surface area contributed by atoms with Crippen LogP contribution < -0.4 is 10.6 Å². The summed E-state index contributed by atoms with van der Waals surface area (Å²) in [4.78, 5) is 61.2. The van der Waals surface area contributed by atoms with Gasteiger partial charge in [-0.1, -0.05) is 35.9 Å². The minimum absolute atomic E-state index is 0.0883. The lowest BCUT2D eigenvalue weighted by Crippen LogP contribution is -2.60. The van der Waals surface area contributed by atoms with Crippen LogP contribution in [0.2, 0.25) is 0 Å². The molecular weight excluding hydrogens is 664 g/mol. The van der Waals surface area contributed by atoms with Gasteiger partial charge in [0.15, 0.2) is 33.0 Å². The van der Waals surface area contributed by atoms with Gasteiger partial charge in [-0.2, -0.15) is 4.90 Å². The normalized spacial score (nSPS) is 30.3. The smallest absolute Gasteiger partial charge is 0.328 e.